The van der Waals surface area contributed by atoms with E-state index in [1.165, 1.54) is 27.9 Å². The van der Waals surface area contributed by atoms with Gasteiger partial charge in [-0.25, -0.2) is 9.97 Å². The lowest BCUT2D eigenvalue weighted by atomic mass is 10.1. The molecular formula is C24H26N6OS. The average molecular weight is 447 g/mol. The summed E-state index contributed by atoms with van der Waals surface area (Å²) >= 11 is 1.84. The van der Waals surface area contributed by atoms with Gasteiger partial charge >= 0.3 is 0 Å². The van der Waals surface area contributed by atoms with Crippen molar-refractivity contribution in [2.45, 2.75) is 45.8 Å². The van der Waals surface area contributed by atoms with Crippen molar-refractivity contribution in [2.24, 2.45) is 0 Å². The number of ether oxygens (including phenoxy) is 1. The summed E-state index contributed by atoms with van der Waals surface area (Å²) in [6.07, 6.45) is 7.20. The largest absolute Gasteiger partial charge is 0.373 e. The van der Waals surface area contributed by atoms with Crippen LogP contribution in [0, 0.1) is 13.8 Å². The number of fused-ring (bicyclic) bond motifs is 3. The van der Waals surface area contributed by atoms with Gasteiger partial charge in [-0.05, 0) is 56.9 Å². The molecule has 1 fully saturated rings. The topological polar surface area (TPSA) is 69.0 Å². The fourth-order valence-electron chi connectivity index (χ4n) is 4.90. The molecule has 0 N–H and O–H groups in total. The maximum Gasteiger partial charge on any atom is 0.164 e. The monoisotopic (exact) mass is 446 g/mol. The summed E-state index contributed by atoms with van der Waals surface area (Å²) in [6.45, 7) is 7.19. The van der Waals surface area contributed by atoms with Gasteiger partial charge in [-0.3, -0.25) is 9.67 Å². The zero-order valence-electron chi connectivity index (χ0n) is 18.4. The molecule has 1 atom stereocenters. The third-order valence-corrected chi connectivity index (χ3v) is 7.57. The Labute approximate surface area is 191 Å². The second-order valence-electron chi connectivity index (χ2n) is 8.70. The number of aryl methyl sites for hydroxylation is 4. The third kappa shape index (κ3) is 3.47. The number of pyridine rings is 1. The summed E-state index contributed by atoms with van der Waals surface area (Å²) in [5.74, 6) is 1.80. The van der Waals surface area contributed by atoms with Gasteiger partial charge in [0, 0.05) is 41.6 Å². The highest BCUT2D eigenvalue weighted by Crippen LogP contribution is 2.41. The van der Waals surface area contributed by atoms with Crippen LogP contribution in [0.25, 0.3) is 21.6 Å². The first kappa shape index (κ1) is 19.8. The van der Waals surface area contributed by atoms with Crippen molar-refractivity contribution in [3.05, 3.63) is 52.4 Å². The van der Waals surface area contributed by atoms with Crippen molar-refractivity contribution in [3.63, 3.8) is 0 Å². The van der Waals surface area contributed by atoms with Gasteiger partial charge in [-0.2, -0.15) is 5.10 Å². The molecule has 8 heteroatoms. The van der Waals surface area contributed by atoms with E-state index in [4.69, 9.17) is 14.7 Å². The Morgan fingerprint density at radius 3 is 2.97 bits per heavy atom. The highest BCUT2D eigenvalue weighted by Gasteiger charge is 2.29. The first-order valence-electron chi connectivity index (χ1n) is 11.3. The van der Waals surface area contributed by atoms with Crippen molar-refractivity contribution in [1.82, 2.24) is 24.7 Å². The zero-order valence-corrected chi connectivity index (χ0v) is 19.2. The SMILES string of the molecule is Cc1cc(C)n(CC2CN(c3nc(-c4cccnc4)nc4sc5c(c34)CCC5)CCO2)n1. The number of hydrogen-bond donors (Lipinski definition) is 0. The summed E-state index contributed by atoms with van der Waals surface area (Å²) in [5.41, 5.74) is 4.63. The molecule has 2 aliphatic rings. The maximum atomic E-state index is 6.15. The predicted molar refractivity (Wildman–Crippen MR) is 126 cm³/mol. The smallest absolute Gasteiger partial charge is 0.164 e. The summed E-state index contributed by atoms with van der Waals surface area (Å²) in [4.78, 5) is 19.3. The van der Waals surface area contributed by atoms with Crippen molar-refractivity contribution in [1.29, 1.82) is 0 Å². The van der Waals surface area contributed by atoms with Crippen molar-refractivity contribution in [2.75, 3.05) is 24.6 Å². The Morgan fingerprint density at radius 2 is 2.16 bits per heavy atom. The summed E-state index contributed by atoms with van der Waals surface area (Å²) in [5, 5.41) is 5.88. The molecule has 0 aromatic carbocycles. The molecule has 4 aromatic rings. The number of rotatable bonds is 4. The minimum atomic E-state index is 0.0697. The lowest BCUT2D eigenvalue weighted by Crippen LogP contribution is -2.45. The van der Waals surface area contributed by atoms with Crippen LogP contribution in [-0.2, 0) is 24.1 Å². The lowest BCUT2D eigenvalue weighted by molar-refractivity contribution is 0.0268. The lowest BCUT2D eigenvalue weighted by Gasteiger charge is -2.34. The molecule has 1 aliphatic carbocycles. The minimum absolute atomic E-state index is 0.0697. The molecule has 6 rings (SSSR count). The average Bonchev–Trinajstić information content (AvgIpc) is 3.48. The second kappa shape index (κ2) is 7.94. The van der Waals surface area contributed by atoms with Crippen molar-refractivity contribution in [3.8, 4) is 11.4 Å². The molecule has 5 heterocycles. The molecular weight excluding hydrogens is 420 g/mol. The number of aromatic nitrogens is 5. The molecule has 7 nitrogen and oxygen atoms in total. The molecule has 32 heavy (non-hydrogen) atoms. The summed E-state index contributed by atoms with van der Waals surface area (Å²) in [6, 6.07) is 6.09. The van der Waals surface area contributed by atoms with Crippen LogP contribution in [-0.4, -0.2) is 50.5 Å². The van der Waals surface area contributed by atoms with Crippen molar-refractivity contribution < 1.29 is 4.74 Å². The van der Waals surface area contributed by atoms with Crippen LogP contribution in [0.4, 0.5) is 5.82 Å². The molecule has 0 amide bonds. The van der Waals surface area contributed by atoms with Gasteiger partial charge in [0.25, 0.3) is 0 Å². The van der Waals surface area contributed by atoms with E-state index < -0.39 is 0 Å². The van der Waals surface area contributed by atoms with E-state index in [0.717, 1.165) is 60.2 Å². The fourth-order valence-corrected chi connectivity index (χ4v) is 6.16. The fraction of sp³-hybridized carbons (Fsp3) is 0.417. The van der Waals surface area contributed by atoms with Gasteiger partial charge < -0.3 is 9.64 Å². The Balaban J connectivity index is 1.39. The molecule has 0 radical (unpaired) electrons. The normalized spacial score (nSPS) is 18.4. The Hall–Kier alpha value is -2.84. The van der Waals surface area contributed by atoms with Crippen LogP contribution in [0.1, 0.15) is 28.2 Å². The van der Waals surface area contributed by atoms with E-state index in [-0.39, 0.29) is 6.10 Å². The number of thiophene rings is 1. The molecule has 0 bridgehead atoms. The number of morpholine rings is 1. The zero-order chi connectivity index (χ0) is 21.7. The van der Waals surface area contributed by atoms with E-state index in [1.54, 1.807) is 6.20 Å². The molecule has 164 valence electrons. The van der Waals surface area contributed by atoms with Gasteiger partial charge in [0.1, 0.15) is 10.6 Å². The number of anilines is 1. The molecule has 0 spiro atoms. The van der Waals surface area contributed by atoms with E-state index in [0.29, 0.717) is 6.61 Å². The maximum absolute atomic E-state index is 6.15. The quantitative estimate of drug-likeness (QED) is 0.473. The third-order valence-electron chi connectivity index (χ3n) is 6.38. The van der Waals surface area contributed by atoms with Gasteiger partial charge in [-0.15, -0.1) is 11.3 Å². The highest BCUT2D eigenvalue weighted by atomic mass is 32.1. The highest BCUT2D eigenvalue weighted by molar-refractivity contribution is 7.19. The summed E-state index contributed by atoms with van der Waals surface area (Å²) < 4.78 is 8.20. The standard InChI is InChI=1S/C24H26N6OS/c1-15-11-16(2)30(28-15)14-18-13-29(9-10-31-18)23-21-19-6-3-7-20(19)32-24(21)27-22(26-23)17-5-4-8-25-12-17/h4-5,8,11-12,18H,3,6-7,9-10,13-14H2,1-2H3. The molecule has 4 aromatic heterocycles. The molecule has 1 aliphatic heterocycles. The molecule has 0 saturated carbocycles. The Morgan fingerprint density at radius 1 is 1.22 bits per heavy atom. The second-order valence-corrected chi connectivity index (χ2v) is 9.78. The number of hydrogen-bond acceptors (Lipinski definition) is 7. The van der Waals surface area contributed by atoms with Gasteiger partial charge in [0.2, 0.25) is 0 Å². The summed E-state index contributed by atoms with van der Waals surface area (Å²) in [7, 11) is 0. The van der Waals surface area contributed by atoms with Crippen molar-refractivity contribution >= 4 is 27.4 Å². The van der Waals surface area contributed by atoms with Crippen LogP contribution in [0.15, 0.2) is 30.6 Å². The minimum Gasteiger partial charge on any atom is -0.373 e. The predicted octanol–water partition coefficient (Wildman–Crippen LogP) is 3.96. The first-order chi connectivity index (χ1) is 15.7. The van der Waals surface area contributed by atoms with Gasteiger partial charge in [0.05, 0.1) is 30.3 Å². The Bertz CT molecular complexity index is 1280. The first-order valence-corrected chi connectivity index (χ1v) is 12.1. The Kier molecular flexibility index (Phi) is 4.91. The van der Waals surface area contributed by atoms with E-state index in [9.17, 15) is 0 Å². The van der Waals surface area contributed by atoms with Gasteiger partial charge in [-0.1, -0.05) is 0 Å². The van der Waals surface area contributed by atoms with Crippen LogP contribution in [0.2, 0.25) is 0 Å². The van der Waals surface area contributed by atoms with Crippen LogP contribution < -0.4 is 4.90 Å². The van der Waals surface area contributed by atoms with E-state index in [1.807, 2.05) is 36.6 Å². The van der Waals surface area contributed by atoms with Crippen LogP contribution in [0.3, 0.4) is 0 Å². The van der Waals surface area contributed by atoms with E-state index in [2.05, 4.69) is 32.7 Å². The van der Waals surface area contributed by atoms with Crippen LogP contribution >= 0.6 is 11.3 Å². The van der Waals surface area contributed by atoms with E-state index >= 15 is 0 Å². The van der Waals surface area contributed by atoms with Crippen LogP contribution in [0.5, 0.6) is 0 Å². The molecule has 1 saturated heterocycles. The van der Waals surface area contributed by atoms with Gasteiger partial charge in [0.15, 0.2) is 5.82 Å². The number of nitrogens with zero attached hydrogens (tertiary/aromatic N) is 6. The molecule has 1 unspecified atom stereocenters.